The SMILES string of the molecule is Br.OC[C@@H]1CCCN1CCCOc1ccccc1. The number of hydrogen-bond donors (Lipinski definition) is 1. The van der Waals surface area contributed by atoms with Crippen molar-refractivity contribution in [3.8, 4) is 5.75 Å². The fourth-order valence-corrected chi connectivity index (χ4v) is 2.37. The van der Waals surface area contributed by atoms with Crippen LogP contribution in [0.1, 0.15) is 19.3 Å². The zero-order chi connectivity index (χ0) is 11.9. The molecule has 102 valence electrons. The molecule has 1 saturated heterocycles. The number of likely N-dealkylation sites (tertiary alicyclic amines) is 1. The van der Waals surface area contributed by atoms with E-state index < -0.39 is 0 Å². The van der Waals surface area contributed by atoms with Crippen molar-refractivity contribution in [3.63, 3.8) is 0 Å². The summed E-state index contributed by atoms with van der Waals surface area (Å²) in [7, 11) is 0. The lowest BCUT2D eigenvalue weighted by atomic mass is 10.2. The molecule has 1 atom stereocenters. The molecular formula is C14H22BrNO2. The van der Waals surface area contributed by atoms with Gasteiger partial charge in [0.2, 0.25) is 0 Å². The summed E-state index contributed by atoms with van der Waals surface area (Å²) in [6.07, 6.45) is 3.37. The van der Waals surface area contributed by atoms with E-state index in [9.17, 15) is 5.11 Å². The van der Waals surface area contributed by atoms with Crippen LogP contribution >= 0.6 is 17.0 Å². The van der Waals surface area contributed by atoms with Crippen LogP contribution in [0.4, 0.5) is 0 Å². The molecule has 1 aliphatic heterocycles. The second-order valence-corrected chi connectivity index (χ2v) is 4.53. The topological polar surface area (TPSA) is 32.7 Å². The van der Waals surface area contributed by atoms with Crippen LogP contribution in [0.2, 0.25) is 0 Å². The van der Waals surface area contributed by atoms with Gasteiger partial charge in [-0.25, -0.2) is 0 Å². The van der Waals surface area contributed by atoms with Crippen molar-refractivity contribution in [2.75, 3.05) is 26.3 Å². The third kappa shape index (κ3) is 4.59. The number of aliphatic hydroxyl groups excluding tert-OH is 1. The van der Waals surface area contributed by atoms with Crippen LogP contribution in [-0.2, 0) is 0 Å². The summed E-state index contributed by atoms with van der Waals surface area (Å²) >= 11 is 0. The van der Waals surface area contributed by atoms with Gasteiger partial charge in [0.15, 0.2) is 0 Å². The number of nitrogens with zero attached hydrogens (tertiary/aromatic N) is 1. The van der Waals surface area contributed by atoms with Gasteiger partial charge in [0, 0.05) is 12.6 Å². The monoisotopic (exact) mass is 315 g/mol. The quantitative estimate of drug-likeness (QED) is 0.819. The fourth-order valence-electron chi connectivity index (χ4n) is 2.37. The van der Waals surface area contributed by atoms with Crippen molar-refractivity contribution in [2.24, 2.45) is 0 Å². The summed E-state index contributed by atoms with van der Waals surface area (Å²) in [5, 5.41) is 9.20. The highest BCUT2D eigenvalue weighted by Crippen LogP contribution is 2.16. The average Bonchev–Trinajstić information content (AvgIpc) is 2.83. The van der Waals surface area contributed by atoms with Crippen LogP contribution in [0.3, 0.4) is 0 Å². The van der Waals surface area contributed by atoms with E-state index in [0.29, 0.717) is 12.6 Å². The minimum Gasteiger partial charge on any atom is -0.494 e. The van der Waals surface area contributed by atoms with Crippen LogP contribution in [0, 0.1) is 0 Å². The minimum atomic E-state index is 0. The molecule has 0 aromatic heterocycles. The first-order chi connectivity index (χ1) is 8.40. The zero-order valence-electron chi connectivity index (χ0n) is 10.6. The maximum atomic E-state index is 9.20. The van der Waals surface area contributed by atoms with Gasteiger partial charge in [-0.2, -0.15) is 0 Å². The number of benzene rings is 1. The first-order valence-corrected chi connectivity index (χ1v) is 6.43. The first kappa shape index (κ1) is 15.5. The number of halogens is 1. The van der Waals surface area contributed by atoms with Gasteiger partial charge in [0.1, 0.15) is 5.75 Å². The molecule has 0 radical (unpaired) electrons. The highest BCUT2D eigenvalue weighted by molar-refractivity contribution is 8.93. The van der Waals surface area contributed by atoms with Gasteiger partial charge in [-0.15, -0.1) is 17.0 Å². The molecule has 0 spiro atoms. The molecule has 1 N–H and O–H groups in total. The second kappa shape index (κ2) is 8.51. The van der Waals surface area contributed by atoms with Crippen LogP contribution in [0.15, 0.2) is 30.3 Å². The number of rotatable bonds is 6. The van der Waals surface area contributed by atoms with E-state index in [1.807, 2.05) is 30.3 Å². The first-order valence-electron chi connectivity index (χ1n) is 6.43. The number of para-hydroxylation sites is 1. The summed E-state index contributed by atoms with van der Waals surface area (Å²) in [6, 6.07) is 10.3. The fraction of sp³-hybridized carbons (Fsp3) is 0.571. The maximum absolute atomic E-state index is 9.20. The van der Waals surface area contributed by atoms with Gasteiger partial charge in [-0.1, -0.05) is 18.2 Å². The van der Waals surface area contributed by atoms with Gasteiger partial charge in [-0.3, -0.25) is 4.90 Å². The van der Waals surface area contributed by atoms with Crippen molar-refractivity contribution in [1.82, 2.24) is 4.90 Å². The Kier molecular flexibility index (Phi) is 7.32. The zero-order valence-corrected chi connectivity index (χ0v) is 12.3. The molecule has 0 bridgehead atoms. The van der Waals surface area contributed by atoms with Gasteiger partial charge < -0.3 is 9.84 Å². The normalized spacial score (nSPS) is 19.5. The number of hydrogen-bond acceptors (Lipinski definition) is 3. The lowest BCUT2D eigenvalue weighted by molar-refractivity contribution is 0.150. The average molecular weight is 316 g/mol. The maximum Gasteiger partial charge on any atom is 0.119 e. The van der Waals surface area contributed by atoms with Crippen LogP contribution in [0.5, 0.6) is 5.75 Å². The highest BCUT2D eigenvalue weighted by Gasteiger charge is 2.22. The van der Waals surface area contributed by atoms with Crippen LogP contribution in [-0.4, -0.2) is 42.4 Å². The van der Waals surface area contributed by atoms with Crippen LogP contribution < -0.4 is 4.74 Å². The molecule has 3 nitrogen and oxygen atoms in total. The van der Waals surface area contributed by atoms with Crippen LogP contribution in [0.25, 0.3) is 0 Å². The molecule has 1 aromatic carbocycles. The largest absolute Gasteiger partial charge is 0.494 e. The molecule has 0 unspecified atom stereocenters. The van der Waals surface area contributed by atoms with E-state index in [2.05, 4.69) is 4.90 Å². The Labute approximate surface area is 120 Å². The molecule has 4 heteroatoms. The predicted octanol–water partition coefficient (Wildman–Crippen LogP) is 2.49. The smallest absolute Gasteiger partial charge is 0.119 e. The Hall–Kier alpha value is -0.580. The predicted molar refractivity (Wildman–Crippen MR) is 78.6 cm³/mol. The molecule has 0 aliphatic carbocycles. The number of ether oxygens (including phenoxy) is 1. The molecule has 1 heterocycles. The van der Waals surface area contributed by atoms with Crippen molar-refractivity contribution in [3.05, 3.63) is 30.3 Å². The number of aliphatic hydroxyl groups is 1. The van der Waals surface area contributed by atoms with E-state index in [1.165, 1.54) is 6.42 Å². The van der Waals surface area contributed by atoms with Crippen molar-refractivity contribution in [2.45, 2.75) is 25.3 Å². The summed E-state index contributed by atoms with van der Waals surface area (Å²) < 4.78 is 5.65. The lowest BCUT2D eigenvalue weighted by Crippen LogP contribution is -2.33. The standard InChI is InChI=1S/C14H21NO2.BrH/c16-12-13-6-4-9-15(13)10-5-11-17-14-7-2-1-3-8-14;/h1-3,7-8,13,16H,4-6,9-12H2;1H/t13-;/m0./s1. The Balaban J connectivity index is 0.00000162. The highest BCUT2D eigenvalue weighted by atomic mass is 79.9. The van der Waals surface area contributed by atoms with E-state index in [4.69, 9.17) is 4.74 Å². The van der Waals surface area contributed by atoms with Gasteiger partial charge in [0.25, 0.3) is 0 Å². The van der Waals surface area contributed by atoms with Gasteiger partial charge >= 0.3 is 0 Å². The molecule has 0 amide bonds. The summed E-state index contributed by atoms with van der Waals surface area (Å²) in [6.45, 7) is 3.19. The molecule has 1 aliphatic rings. The molecule has 1 fully saturated rings. The third-order valence-corrected chi connectivity index (χ3v) is 3.31. The van der Waals surface area contributed by atoms with E-state index in [0.717, 1.165) is 38.3 Å². The Morgan fingerprint density at radius 3 is 2.78 bits per heavy atom. The Morgan fingerprint density at radius 1 is 1.28 bits per heavy atom. The molecular weight excluding hydrogens is 294 g/mol. The lowest BCUT2D eigenvalue weighted by Gasteiger charge is -2.22. The minimum absolute atomic E-state index is 0. The van der Waals surface area contributed by atoms with Crippen molar-refractivity contribution >= 4 is 17.0 Å². The van der Waals surface area contributed by atoms with Gasteiger partial charge in [-0.05, 0) is 37.9 Å². The second-order valence-electron chi connectivity index (χ2n) is 4.53. The molecule has 2 rings (SSSR count). The Bertz CT molecular complexity index is 321. The van der Waals surface area contributed by atoms with E-state index in [1.54, 1.807) is 0 Å². The summed E-state index contributed by atoms with van der Waals surface area (Å²) in [4.78, 5) is 2.37. The van der Waals surface area contributed by atoms with Crippen molar-refractivity contribution < 1.29 is 9.84 Å². The van der Waals surface area contributed by atoms with Crippen molar-refractivity contribution in [1.29, 1.82) is 0 Å². The molecule has 1 aromatic rings. The molecule has 18 heavy (non-hydrogen) atoms. The van der Waals surface area contributed by atoms with E-state index >= 15 is 0 Å². The molecule has 0 saturated carbocycles. The summed E-state index contributed by atoms with van der Waals surface area (Å²) in [5.41, 5.74) is 0. The third-order valence-electron chi connectivity index (χ3n) is 3.31. The Morgan fingerprint density at radius 2 is 2.06 bits per heavy atom. The summed E-state index contributed by atoms with van der Waals surface area (Å²) in [5.74, 6) is 0.938. The van der Waals surface area contributed by atoms with Gasteiger partial charge in [0.05, 0.1) is 13.2 Å². The van der Waals surface area contributed by atoms with E-state index in [-0.39, 0.29) is 17.0 Å².